The molecule has 168 valence electrons. The van der Waals surface area contributed by atoms with Crippen molar-refractivity contribution in [2.75, 3.05) is 5.32 Å². The summed E-state index contributed by atoms with van der Waals surface area (Å²) in [7, 11) is 0. The summed E-state index contributed by atoms with van der Waals surface area (Å²) in [6.07, 6.45) is 7.41. The number of nitrogens with one attached hydrogen (secondary N) is 1. The van der Waals surface area contributed by atoms with Crippen molar-refractivity contribution in [2.24, 2.45) is 0 Å². The molecule has 0 radical (unpaired) electrons. The Bertz CT molecular complexity index is 1470. The average molecular weight is 451 g/mol. The van der Waals surface area contributed by atoms with Crippen molar-refractivity contribution < 1.29 is 14.3 Å². The zero-order valence-electron chi connectivity index (χ0n) is 18.6. The Hall–Kier alpha value is -4.77. The van der Waals surface area contributed by atoms with Gasteiger partial charge in [-0.2, -0.15) is 5.26 Å². The highest BCUT2D eigenvalue weighted by atomic mass is 16.6. The number of anilines is 1. The molecule has 0 spiro atoms. The fourth-order valence-corrected chi connectivity index (χ4v) is 3.71. The number of amides is 1. The van der Waals surface area contributed by atoms with Crippen LogP contribution in [0.4, 0.5) is 5.69 Å². The van der Waals surface area contributed by atoms with E-state index in [9.17, 15) is 14.9 Å². The number of carbonyl (C=O) groups excluding carboxylic acids is 2. The Morgan fingerprint density at radius 2 is 1.97 bits per heavy atom. The Morgan fingerprint density at radius 1 is 1.18 bits per heavy atom. The van der Waals surface area contributed by atoms with Crippen LogP contribution in [0.15, 0.2) is 73.8 Å². The molecule has 4 rings (SSSR count). The number of esters is 1. The lowest BCUT2D eigenvalue weighted by atomic mass is 10.0. The molecule has 1 unspecified atom stereocenters. The molecule has 0 saturated carbocycles. The van der Waals surface area contributed by atoms with Crippen molar-refractivity contribution in [3.8, 4) is 28.3 Å². The number of hydrogen-bond donors (Lipinski definition) is 1. The van der Waals surface area contributed by atoms with Gasteiger partial charge in [0.25, 0.3) is 0 Å². The molecule has 3 heterocycles. The van der Waals surface area contributed by atoms with Crippen LogP contribution in [0.5, 0.6) is 0 Å². The van der Waals surface area contributed by atoms with E-state index in [0.717, 1.165) is 27.6 Å². The van der Waals surface area contributed by atoms with Gasteiger partial charge in [-0.25, -0.2) is 4.98 Å². The number of fused-ring (bicyclic) bond motifs is 1. The second-order valence-electron chi connectivity index (χ2n) is 7.60. The number of ether oxygens (including phenoxy) is 1. The van der Waals surface area contributed by atoms with E-state index >= 15 is 0 Å². The molecule has 1 amide bonds. The lowest BCUT2D eigenvalue weighted by Crippen LogP contribution is -2.11. The second kappa shape index (κ2) is 9.38. The number of hydrogen-bond acceptors (Lipinski definition) is 6. The maximum atomic E-state index is 11.7. The third-order valence-electron chi connectivity index (χ3n) is 5.23. The molecule has 34 heavy (non-hydrogen) atoms. The summed E-state index contributed by atoms with van der Waals surface area (Å²) in [6, 6.07) is 13.2. The average Bonchev–Trinajstić information content (AvgIpc) is 3.23. The molecule has 1 N–H and O–H groups in total. The first-order chi connectivity index (χ1) is 16.4. The standard InChI is InChI=1S/C26H21N5O3/c1-4-25(33)30-22-9-20(12-28-14-22)21-10-23-24(19-7-5-6-18(8-19)11-27)15-31(26(23)29-13-21)16(2)34-17(3)32/h4-10,12-16H,1H2,2-3H3,(H,30,33). The van der Waals surface area contributed by atoms with Crippen LogP contribution in [0, 0.1) is 11.3 Å². The van der Waals surface area contributed by atoms with Crippen molar-refractivity contribution in [1.82, 2.24) is 14.5 Å². The monoisotopic (exact) mass is 451 g/mol. The van der Waals surface area contributed by atoms with Gasteiger partial charge < -0.3 is 10.1 Å². The first kappa shape index (κ1) is 22.4. The van der Waals surface area contributed by atoms with Crippen LogP contribution in [0.25, 0.3) is 33.3 Å². The smallest absolute Gasteiger partial charge is 0.304 e. The second-order valence-corrected chi connectivity index (χ2v) is 7.60. The van der Waals surface area contributed by atoms with Crippen molar-refractivity contribution >= 4 is 28.6 Å². The van der Waals surface area contributed by atoms with E-state index in [4.69, 9.17) is 4.74 Å². The summed E-state index contributed by atoms with van der Waals surface area (Å²) in [4.78, 5) is 32.1. The third kappa shape index (κ3) is 4.54. The van der Waals surface area contributed by atoms with Crippen LogP contribution >= 0.6 is 0 Å². The van der Waals surface area contributed by atoms with Crippen LogP contribution in [0.3, 0.4) is 0 Å². The summed E-state index contributed by atoms with van der Waals surface area (Å²) in [5.74, 6) is -0.729. The predicted octanol–water partition coefficient (Wildman–Crippen LogP) is 4.84. The van der Waals surface area contributed by atoms with Gasteiger partial charge in [0.2, 0.25) is 5.91 Å². The fourth-order valence-electron chi connectivity index (χ4n) is 3.71. The molecule has 0 aliphatic carbocycles. The maximum Gasteiger partial charge on any atom is 0.304 e. The molecule has 3 aromatic heterocycles. The first-order valence-corrected chi connectivity index (χ1v) is 10.5. The number of carbonyl (C=O) groups is 2. The van der Waals surface area contributed by atoms with Crippen LogP contribution in [-0.2, 0) is 14.3 Å². The summed E-state index contributed by atoms with van der Waals surface area (Å²) < 4.78 is 7.18. The summed E-state index contributed by atoms with van der Waals surface area (Å²) in [5, 5.41) is 12.9. The minimum atomic E-state index is -0.578. The highest BCUT2D eigenvalue weighted by Crippen LogP contribution is 2.35. The molecule has 1 atom stereocenters. The Labute approximate surface area is 196 Å². The minimum Gasteiger partial charge on any atom is -0.442 e. The molecule has 1 aromatic carbocycles. The molecule has 0 aliphatic heterocycles. The molecular weight excluding hydrogens is 430 g/mol. The van der Waals surface area contributed by atoms with Crippen LogP contribution in [0.1, 0.15) is 25.6 Å². The molecule has 4 aromatic rings. The Kier molecular flexibility index (Phi) is 6.19. The van der Waals surface area contributed by atoms with Gasteiger partial charge >= 0.3 is 5.97 Å². The first-order valence-electron chi connectivity index (χ1n) is 10.5. The number of pyridine rings is 2. The van der Waals surface area contributed by atoms with Crippen molar-refractivity contribution in [3.05, 3.63) is 79.4 Å². The molecule has 8 nitrogen and oxygen atoms in total. The SMILES string of the molecule is C=CC(=O)Nc1cncc(-c2cnc3c(c2)c(-c2cccc(C#N)c2)cn3C(C)OC(C)=O)c1. The lowest BCUT2D eigenvalue weighted by molar-refractivity contribution is -0.149. The molecular formula is C26H21N5O3. The quantitative estimate of drug-likeness (QED) is 0.332. The number of benzene rings is 1. The van der Waals surface area contributed by atoms with Gasteiger partial charge in [0.05, 0.1) is 23.5 Å². The highest BCUT2D eigenvalue weighted by Gasteiger charge is 2.18. The van der Waals surface area contributed by atoms with Crippen LogP contribution < -0.4 is 5.32 Å². The van der Waals surface area contributed by atoms with Gasteiger partial charge in [-0.05, 0) is 42.8 Å². The van der Waals surface area contributed by atoms with Crippen molar-refractivity contribution in [1.29, 1.82) is 5.26 Å². The van der Waals surface area contributed by atoms with E-state index in [1.54, 1.807) is 48.3 Å². The summed E-state index contributed by atoms with van der Waals surface area (Å²) in [6.45, 7) is 6.58. The zero-order valence-corrected chi connectivity index (χ0v) is 18.6. The molecule has 8 heteroatoms. The van der Waals surface area contributed by atoms with Crippen LogP contribution in [0.2, 0.25) is 0 Å². The third-order valence-corrected chi connectivity index (χ3v) is 5.23. The zero-order chi connectivity index (χ0) is 24.2. The highest BCUT2D eigenvalue weighted by molar-refractivity contribution is 5.99. The molecule has 0 bridgehead atoms. The number of nitrogens with zero attached hydrogens (tertiary/aromatic N) is 4. The summed E-state index contributed by atoms with van der Waals surface area (Å²) in [5.41, 5.74) is 4.90. The molecule has 0 aliphatic rings. The fraction of sp³-hybridized carbons (Fsp3) is 0.115. The van der Waals surface area contributed by atoms with E-state index in [0.29, 0.717) is 16.9 Å². The number of rotatable bonds is 6. The largest absolute Gasteiger partial charge is 0.442 e. The molecule has 0 saturated heterocycles. The Morgan fingerprint density at radius 3 is 2.71 bits per heavy atom. The van der Waals surface area contributed by atoms with E-state index in [1.807, 2.05) is 24.4 Å². The van der Waals surface area contributed by atoms with Crippen LogP contribution in [-0.4, -0.2) is 26.4 Å². The van der Waals surface area contributed by atoms with Gasteiger partial charge in [-0.15, -0.1) is 0 Å². The van der Waals surface area contributed by atoms with E-state index in [2.05, 4.69) is 27.9 Å². The van der Waals surface area contributed by atoms with Gasteiger partial charge in [0, 0.05) is 47.6 Å². The van der Waals surface area contributed by atoms with E-state index in [-0.39, 0.29) is 5.91 Å². The number of aromatic nitrogens is 3. The van der Waals surface area contributed by atoms with Crippen molar-refractivity contribution in [2.45, 2.75) is 20.1 Å². The van der Waals surface area contributed by atoms with E-state index in [1.165, 1.54) is 13.0 Å². The minimum absolute atomic E-state index is 0.330. The Balaban J connectivity index is 1.87. The molecule has 0 fully saturated rings. The normalized spacial score (nSPS) is 11.4. The lowest BCUT2D eigenvalue weighted by Gasteiger charge is -2.14. The topological polar surface area (TPSA) is 110 Å². The van der Waals surface area contributed by atoms with Crippen molar-refractivity contribution in [3.63, 3.8) is 0 Å². The number of nitriles is 1. The van der Waals surface area contributed by atoms with Gasteiger partial charge in [0.15, 0.2) is 6.23 Å². The maximum absolute atomic E-state index is 11.7. The predicted molar refractivity (Wildman–Crippen MR) is 128 cm³/mol. The summed E-state index contributed by atoms with van der Waals surface area (Å²) >= 11 is 0. The van der Waals surface area contributed by atoms with E-state index < -0.39 is 12.2 Å². The van der Waals surface area contributed by atoms with Gasteiger partial charge in [-0.1, -0.05) is 18.7 Å². The van der Waals surface area contributed by atoms with Gasteiger partial charge in [0.1, 0.15) is 5.65 Å². The van der Waals surface area contributed by atoms with Gasteiger partial charge in [-0.3, -0.25) is 19.1 Å².